The molecule has 2 fully saturated rings. The second kappa shape index (κ2) is 14.1. The molecular formula is C33H45N6O6P. The van der Waals surface area contributed by atoms with Crippen LogP contribution in [0.4, 0.5) is 5.82 Å². The van der Waals surface area contributed by atoms with Crippen molar-refractivity contribution in [3.8, 4) is 11.8 Å². The summed E-state index contributed by atoms with van der Waals surface area (Å²) in [6, 6.07) is 12.1. The van der Waals surface area contributed by atoms with Gasteiger partial charge in [0, 0.05) is 0 Å². The maximum Gasteiger partial charge on any atom is 0.459 e. The first kappa shape index (κ1) is 33.9. The van der Waals surface area contributed by atoms with Crippen LogP contribution in [-0.2, 0) is 34.4 Å². The van der Waals surface area contributed by atoms with Gasteiger partial charge in [0.25, 0.3) is 0 Å². The van der Waals surface area contributed by atoms with E-state index in [0.717, 1.165) is 44.1 Å². The molecule has 1 aromatic carbocycles. The number of nitriles is 1. The summed E-state index contributed by atoms with van der Waals surface area (Å²) >= 11 is 0. The Kier molecular flexibility index (Phi) is 10.4. The molecule has 248 valence electrons. The summed E-state index contributed by atoms with van der Waals surface area (Å²) in [6.45, 7) is 7.74. The first-order chi connectivity index (χ1) is 21.9. The van der Waals surface area contributed by atoms with Crippen molar-refractivity contribution in [3.63, 3.8) is 0 Å². The van der Waals surface area contributed by atoms with Crippen molar-refractivity contribution in [2.45, 2.75) is 115 Å². The molecule has 3 aromatic rings. The highest BCUT2D eigenvalue weighted by Crippen LogP contribution is 2.47. The third-order valence-electron chi connectivity index (χ3n) is 8.68. The SMILES string of the molecule is C[C@H](NP(=O)(OC[C@@H]1CCC(C#N)(c2ccc3c(N)ncnn23)O1)Oc1ccc(C(C)(C)C)cc1)C(=O)OC1CCCCCCC1. The van der Waals surface area contributed by atoms with Crippen LogP contribution in [0.15, 0.2) is 42.7 Å². The van der Waals surface area contributed by atoms with Crippen LogP contribution >= 0.6 is 7.75 Å². The van der Waals surface area contributed by atoms with Crippen molar-refractivity contribution in [2.24, 2.45) is 0 Å². The fourth-order valence-electron chi connectivity index (χ4n) is 5.99. The fraction of sp³-hybridized carbons (Fsp3) is 0.576. The summed E-state index contributed by atoms with van der Waals surface area (Å²) in [5.41, 5.74) is 6.75. The Balaban J connectivity index is 1.30. The Morgan fingerprint density at radius 1 is 1.15 bits per heavy atom. The molecule has 1 aliphatic heterocycles. The molecule has 2 unspecified atom stereocenters. The van der Waals surface area contributed by atoms with E-state index in [1.54, 1.807) is 35.7 Å². The normalized spacial score (nSPS) is 23.2. The monoisotopic (exact) mass is 652 g/mol. The molecule has 0 radical (unpaired) electrons. The van der Waals surface area contributed by atoms with Crippen LogP contribution in [0.2, 0.25) is 0 Å². The number of carbonyl (C=O) groups excluding carboxylic acids is 1. The van der Waals surface area contributed by atoms with E-state index in [1.807, 2.05) is 12.1 Å². The zero-order valence-electron chi connectivity index (χ0n) is 27.1. The minimum atomic E-state index is -4.14. The second-order valence-corrected chi connectivity index (χ2v) is 15.0. The minimum Gasteiger partial charge on any atom is -0.461 e. The number of rotatable bonds is 10. The van der Waals surface area contributed by atoms with Crippen LogP contribution in [0.25, 0.3) is 5.52 Å². The standard InChI is InChI=1S/C33H45N6O6P/c1-23(31(40)43-25-10-8-6-5-7-9-11-25)38-46(41,45-26-14-12-24(13-15-26)32(2,3)4)42-20-27-18-19-33(21-34,44-27)29-17-16-28-30(35)36-22-37-39(28)29/h12-17,22-23,25,27H,5-11,18-20H2,1-4H3,(H,38,41)(H2,35,36,37)/t23-,27-,33?,46?/m0/s1. The van der Waals surface area contributed by atoms with Gasteiger partial charge in [-0.25, -0.2) is 14.1 Å². The number of fused-ring (bicyclic) bond motifs is 1. The third-order valence-corrected chi connectivity index (χ3v) is 10.3. The van der Waals surface area contributed by atoms with Crippen LogP contribution in [0.1, 0.15) is 96.7 Å². The van der Waals surface area contributed by atoms with E-state index < -0.39 is 31.5 Å². The molecule has 1 saturated heterocycles. The second-order valence-electron chi connectivity index (χ2n) is 13.3. The number of nitrogen functional groups attached to an aromatic ring is 1. The molecule has 0 amide bonds. The lowest BCUT2D eigenvalue weighted by atomic mass is 9.87. The number of ether oxygens (including phenoxy) is 2. The Morgan fingerprint density at radius 3 is 2.52 bits per heavy atom. The molecule has 3 heterocycles. The average molecular weight is 653 g/mol. The number of anilines is 1. The highest BCUT2D eigenvalue weighted by Gasteiger charge is 2.46. The van der Waals surface area contributed by atoms with Gasteiger partial charge in [-0.15, -0.1) is 0 Å². The summed E-state index contributed by atoms with van der Waals surface area (Å²) in [6.07, 6.45) is 8.49. The van der Waals surface area contributed by atoms with E-state index in [1.165, 1.54) is 12.7 Å². The zero-order valence-corrected chi connectivity index (χ0v) is 28.0. The Bertz CT molecular complexity index is 1590. The molecule has 12 nitrogen and oxygen atoms in total. The van der Waals surface area contributed by atoms with Crippen LogP contribution in [0.5, 0.6) is 5.75 Å². The van der Waals surface area contributed by atoms with Gasteiger partial charge in [-0.1, -0.05) is 52.2 Å². The maximum absolute atomic E-state index is 14.3. The van der Waals surface area contributed by atoms with E-state index in [9.17, 15) is 14.6 Å². The molecule has 2 aromatic heterocycles. The Morgan fingerprint density at radius 2 is 1.85 bits per heavy atom. The van der Waals surface area contributed by atoms with Gasteiger partial charge in [-0.2, -0.15) is 15.4 Å². The Hall–Kier alpha value is -3.49. The van der Waals surface area contributed by atoms with E-state index in [2.05, 4.69) is 42.0 Å². The topological polar surface area (TPSA) is 163 Å². The molecular weight excluding hydrogens is 607 g/mol. The molecule has 4 atom stereocenters. The van der Waals surface area contributed by atoms with Gasteiger partial charge in [-0.3, -0.25) is 9.32 Å². The summed E-state index contributed by atoms with van der Waals surface area (Å²) in [5.74, 6) is 0.0947. The van der Waals surface area contributed by atoms with Crippen molar-refractivity contribution in [1.29, 1.82) is 5.26 Å². The summed E-state index contributed by atoms with van der Waals surface area (Å²) in [4.78, 5) is 17.2. The highest BCUT2D eigenvalue weighted by atomic mass is 31.2. The van der Waals surface area contributed by atoms with Gasteiger partial charge in [0.2, 0.25) is 0 Å². The molecule has 13 heteroatoms. The van der Waals surface area contributed by atoms with Crippen molar-refractivity contribution in [3.05, 3.63) is 54.0 Å². The lowest BCUT2D eigenvalue weighted by Crippen LogP contribution is -2.37. The van der Waals surface area contributed by atoms with Gasteiger partial charge < -0.3 is 19.7 Å². The number of hydrogen-bond acceptors (Lipinski definition) is 10. The predicted molar refractivity (Wildman–Crippen MR) is 173 cm³/mol. The van der Waals surface area contributed by atoms with Crippen LogP contribution in [-0.4, -0.2) is 45.4 Å². The molecule has 0 spiro atoms. The largest absolute Gasteiger partial charge is 0.461 e. The summed E-state index contributed by atoms with van der Waals surface area (Å²) < 4.78 is 39.8. The first-order valence-corrected chi connectivity index (χ1v) is 17.7. The smallest absolute Gasteiger partial charge is 0.459 e. The van der Waals surface area contributed by atoms with Crippen LogP contribution < -0.4 is 15.3 Å². The van der Waals surface area contributed by atoms with Gasteiger partial charge >= 0.3 is 13.7 Å². The Labute approximate surface area is 270 Å². The van der Waals surface area contributed by atoms with E-state index >= 15 is 0 Å². The summed E-state index contributed by atoms with van der Waals surface area (Å²) in [5, 5.41) is 17.3. The molecule has 1 aliphatic carbocycles. The molecule has 46 heavy (non-hydrogen) atoms. The number of hydrogen-bond donors (Lipinski definition) is 2. The van der Waals surface area contributed by atoms with E-state index in [4.69, 9.17) is 24.3 Å². The first-order valence-electron chi connectivity index (χ1n) is 16.1. The summed E-state index contributed by atoms with van der Waals surface area (Å²) in [7, 11) is -4.14. The lowest BCUT2D eigenvalue weighted by molar-refractivity contribution is -0.151. The van der Waals surface area contributed by atoms with Gasteiger partial charge in [0.1, 0.15) is 35.8 Å². The van der Waals surface area contributed by atoms with E-state index in [-0.39, 0.29) is 23.9 Å². The van der Waals surface area contributed by atoms with Gasteiger partial charge in [-0.05, 0) is 80.7 Å². The molecule has 1 saturated carbocycles. The maximum atomic E-state index is 14.3. The van der Waals surface area contributed by atoms with Crippen molar-refractivity contribution in [2.75, 3.05) is 12.3 Å². The quantitative estimate of drug-likeness (QED) is 0.185. The number of nitrogens with two attached hydrogens (primary N) is 1. The zero-order chi connectivity index (χ0) is 33.0. The van der Waals surface area contributed by atoms with Crippen molar-refractivity contribution in [1.82, 2.24) is 19.7 Å². The molecule has 0 bridgehead atoms. The molecule has 3 N–H and O–H groups in total. The number of nitrogens with one attached hydrogen (secondary N) is 1. The third kappa shape index (κ3) is 7.89. The van der Waals surface area contributed by atoms with Gasteiger partial charge in [0.05, 0.1) is 18.4 Å². The van der Waals surface area contributed by atoms with Crippen molar-refractivity contribution < 1.29 is 27.9 Å². The van der Waals surface area contributed by atoms with Crippen LogP contribution in [0, 0.1) is 11.3 Å². The number of benzene rings is 1. The number of carbonyl (C=O) groups is 1. The van der Waals surface area contributed by atoms with E-state index in [0.29, 0.717) is 29.8 Å². The highest BCUT2D eigenvalue weighted by molar-refractivity contribution is 7.52. The lowest BCUT2D eigenvalue weighted by Gasteiger charge is -2.27. The number of nitrogens with zero attached hydrogens (tertiary/aromatic N) is 4. The number of aromatic nitrogens is 3. The van der Waals surface area contributed by atoms with Gasteiger partial charge in [0.15, 0.2) is 11.4 Å². The van der Waals surface area contributed by atoms with Crippen LogP contribution in [0.3, 0.4) is 0 Å². The molecule has 2 aliphatic rings. The minimum absolute atomic E-state index is 0.0810. The predicted octanol–water partition coefficient (Wildman–Crippen LogP) is 6.34. The number of esters is 1. The van der Waals surface area contributed by atoms with Crippen molar-refractivity contribution >= 4 is 25.1 Å². The average Bonchev–Trinajstić information content (AvgIpc) is 3.63. The molecule has 5 rings (SSSR count). The fourth-order valence-corrected chi connectivity index (χ4v) is 7.51.